The number of halogens is 3. The fourth-order valence-corrected chi connectivity index (χ4v) is 5.15. The first-order valence-electron chi connectivity index (χ1n) is 12.2. The van der Waals surface area contributed by atoms with Crippen molar-refractivity contribution in [2.24, 2.45) is 11.8 Å². The second kappa shape index (κ2) is 9.88. The second-order valence-corrected chi connectivity index (χ2v) is 9.69. The number of alkyl halides is 3. The molecule has 0 atom stereocenters. The third kappa shape index (κ3) is 5.30. The zero-order chi connectivity index (χ0) is 26.2. The number of benzene rings is 2. The van der Waals surface area contributed by atoms with Crippen molar-refractivity contribution in [3.63, 3.8) is 0 Å². The summed E-state index contributed by atoms with van der Waals surface area (Å²) in [5.74, 6) is -1.67. The monoisotopic (exact) mass is 509 g/mol. The van der Waals surface area contributed by atoms with Crippen LogP contribution in [0, 0.1) is 11.8 Å². The maximum Gasteiger partial charge on any atom is 0.416 e. The minimum absolute atomic E-state index is 0.0464. The molecule has 1 aliphatic carbocycles. The van der Waals surface area contributed by atoms with Crippen molar-refractivity contribution in [3.05, 3.63) is 77.7 Å². The van der Waals surface area contributed by atoms with Gasteiger partial charge in [0.2, 0.25) is 0 Å². The van der Waals surface area contributed by atoms with Crippen LogP contribution in [0.1, 0.15) is 47.3 Å². The van der Waals surface area contributed by atoms with Crippen molar-refractivity contribution in [2.75, 3.05) is 6.54 Å². The summed E-state index contributed by atoms with van der Waals surface area (Å²) in [5.41, 5.74) is 0.205. The van der Waals surface area contributed by atoms with E-state index in [1.54, 1.807) is 23.0 Å². The van der Waals surface area contributed by atoms with Crippen LogP contribution in [0.4, 0.5) is 13.2 Å². The molecule has 2 heterocycles. The smallest absolute Gasteiger partial charge is 0.416 e. The van der Waals surface area contributed by atoms with Gasteiger partial charge in [-0.25, -0.2) is 0 Å². The number of rotatable bonds is 6. The van der Waals surface area contributed by atoms with Crippen LogP contribution in [0.2, 0.25) is 0 Å². The molecule has 1 amide bonds. The molecule has 0 spiro atoms. The Labute approximate surface area is 211 Å². The van der Waals surface area contributed by atoms with Crippen molar-refractivity contribution in [3.8, 4) is 0 Å². The Morgan fingerprint density at radius 1 is 1.00 bits per heavy atom. The van der Waals surface area contributed by atoms with Crippen LogP contribution < -0.4 is 5.32 Å². The topological polar surface area (TPSA) is 84.2 Å². The molecule has 2 aromatic heterocycles. The first-order chi connectivity index (χ1) is 17.7. The summed E-state index contributed by atoms with van der Waals surface area (Å²) in [6.45, 7) is 0.578. The van der Waals surface area contributed by atoms with Crippen molar-refractivity contribution in [1.82, 2.24) is 14.9 Å². The number of carbonyl (C=O) groups is 2. The van der Waals surface area contributed by atoms with Gasteiger partial charge in [0.05, 0.1) is 34.8 Å². The highest BCUT2D eigenvalue weighted by Gasteiger charge is 2.33. The molecule has 37 heavy (non-hydrogen) atoms. The number of pyridine rings is 1. The molecule has 6 nitrogen and oxygen atoms in total. The van der Waals surface area contributed by atoms with Gasteiger partial charge in [-0.3, -0.25) is 14.6 Å². The Bertz CT molecular complexity index is 1470. The summed E-state index contributed by atoms with van der Waals surface area (Å²) in [6, 6.07) is 13.2. The molecule has 0 radical (unpaired) electrons. The number of fused-ring (bicyclic) bond motifs is 2. The Balaban J connectivity index is 1.43. The molecular formula is C28H26F3N3O3. The normalized spacial score (nSPS) is 18.2. The van der Waals surface area contributed by atoms with E-state index >= 15 is 0 Å². The lowest BCUT2D eigenvalue weighted by molar-refractivity contribution is -0.143. The lowest BCUT2D eigenvalue weighted by Crippen LogP contribution is -2.32. The quantitative estimate of drug-likeness (QED) is 0.340. The van der Waals surface area contributed by atoms with E-state index in [4.69, 9.17) is 0 Å². The molecule has 5 rings (SSSR count). The fourth-order valence-electron chi connectivity index (χ4n) is 5.15. The summed E-state index contributed by atoms with van der Waals surface area (Å²) in [6.07, 6.45) is 1.20. The summed E-state index contributed by atoms with van der Waals surface area (Å²) in [4.78, 5) is 28.9. The average molecular weight is 510 g/mol. The summed E-state index contributed by atoms with van der Waals surface area (Å²) in [7, 11) is 0. The summed E-state index contributed by atoms with van der Waals surface area (Å²) in [5, 5.41) is 14.3. The zero-order valence-electron chi connectivity index (χ0n) is 20.0. The van der Waals surface area contributed by atoms with Gasteiger partial charge in [-0.1, -0.05) is 24.3 Å². The molecule has 1 saturated carbocycles. The molecule has 192 valence electrons. The number of carboxylic acid groups (broad SMARTS) is 1. The number of aliphatic carboxylic acids is 1. The molecule has 0 saturated heterocycles. The number of hydrogen-bond donors (Lipinski definition) is 2. The second-order valence-electron chi connectivity index (χ2n) is 9.69. The van der Waals surface area contributed by atoms with E-state index in [9.17, 15) is 27.9 Å². The van der Waals surface area contributed by atoms with Crippen LogP contribution in [-0.2, 0) is 17.5 Å². The molecule has 0 bridgehead atoms. The van der Waals surface area contributed by atoms with E-state index in [0.717, 1.165) is 28.6 Å². The van der Waals surface area contributed by atoms with E-state index in [1.165, 1.54) is 0 Å². The fraction of sp³-hybridized carbons (Fsp3) is 0.321. The molecule has 0 aliphatic heterocycles. The van der Waals surface area contributed by atoms with E-state index in [1.807, 2.05) is 30.3 Å². The van der Waals surface area contributed by atoms with E-state index in [0.29, 0.717) is 43.1 Å². The van der Waals surface area contributed by atoms with Gasteiger partial charge in [0.25, 0.3) is 5.91 Å². The third-order valence-electron chi connectivity index (χ3n) is 7.20. The number of aromatic nitrogens is 2. The van der Waals surface area contributed by atoms with Gasteiger partial charge in [0.1, 0.15) is 0 Å². The van der Waals surface area contributed by atoms with Crippen LogP contribution in [-0.4, -0.2) is 33.1 Å². The number of carboxylic acids is 1. The van der Waals surface area contributed by atoms with Gasteiger partial charge in [-0.05, 0) is 61.3 Å². The Morgan fingerprint density at radius 2 is 1.73 bits per heavy atom. The number of nitrogens with zero attached hydrogens (tertiary/aromatic N) is 2. The van der Waals surface area contributed by atoms with Crippen molar-refractivity contribution < 1.29 is 27.9 Å². The van der Waals surface area contributed by atoms with E-state index < -0.39 is 23.6 Å². The minimum Gasteiger partial charge on any atom is -0.481 e. The molecule has 0 unspecified atom stereocenters. The van der Waals surface area contributed by atoms with E-state index in [2.05, 4.69) is 10.3 Å². The van der Waals surface area contributed by atoms with Crippen molar-refractivity contribution in [1.29, 1.82) is 0 Å². The number of carbonyl (C=O) groups excluding carboxylic acids is 1. The lowest BCUT2D eigenvalue weighted by atomic mass is 9.82. The predicted molar refractivity (Wildman–Crippen MR) is 133 cm³/mol. The van der Waals surface area contributed by atoms with E-state index in [-0.39, 0.29) is 23.9 Å². The molecule has 1 fully saturated rings. The first kappa shape index (κ1) is 24.8. The third-order valence-corrected chi connectivity index (χ3v) is 7.20. The van der Waals surface area contributed by atoms with Crippen LogP contribution in [0.25, 0.3) is 21.7 Å². The minimum atomic E-state index is -4.60. The highest BCUT2D eigenvalue weighted by molar-refractivity contribution is 6.06. The van der Waals surface area contributed by atoms with Crippen molar-refractivity contribution in [2.45, 2.75) is 38.4 Å². The van der Waals surface area contributed by atoms with Crippen molar-refractivity contribution >= 4 is 33.6 Å². The number of nitrogens with one attached hydrogen (secondary N) is 1. The predicted octanol–water partition coefficient (Wildman–Crippen LogP) is 5.88. The molecule has 1 aliphatic rings. The molecule has 2 N–H and O–H groups in total. The largest absolute Gasteiger partial charge is 0.481 e. The molecule has 4 aromatic rings. The van der Waals surface area contributed by atoms with Crippen LogP contribution >= 0.6 is 0 Å². The Morgan fingerprint density at radius 3 is 2.43 bits per heavy atom. The molecule has 2 aromatic carbocycles. The van der Waals surface area contributed by atoms with Gasteiger partial charge in [0.15, 0.2) is 0 Å². The van der Waals surface area contributed by atoms with Crippen LogP contribution in [0.3, 0.4) is 0 Å². The van der Waals surface area contributed by atoms with Gasteiger partial charge in [-0.15, -0.1) is 0 Å². The van der Waals surface area contributed by atoms with Crippen LogP contribution in [0.15, 0.2) is 60.9 Å². The maximum atomic E-state index is 13.6. The highest BCUT2D eigenvalue weighted by Crippen LogP contribution is 2.34. The highest BCUT2D eigenvalue weighted by atomic mass is 19.4. The standard InChI is InChI=1S/C28H26F3N3O3/c29-28(30,31)22-11-20-9-10-34(16-23-12-19-3-1-2-4-21(19)15-32-23)25(20)24(13-22)26(35)33-14-17-5-7-18(8-6-17)27(36)37/h1-4,9-13,15,17-18H,5-8,14,16H2,(H,33,35)(H,36,37). The van der Waals surface area contributed by atoms with Gasteiger partial charge in [0, 0.05) is 29.7 Å². The molecular weight excluding hydrogens is 483 g/mol. The first-order valence-corrected chi connectivity index (χ1v) is 12.2. The SMILES string of the molecule is O=C(NCC1CCC(C(=O)O)CC1)c1cc(C(F)(F)F)cc2ccn(Cc3cc4ccccc4cn3)c12. The summed E-state index contributed by atoms with van der Waals surface area (Å²) >= 11 is 0. The molecule has 9 heteroatoms. The number of hydrogen-bond acceptors (Lipinski definition) is 3. The average Bonchev–Trinajstić information content (AvgIpc) is 3.29. The Hall–Kier alpha value is -3.88. The van der Waals surface area contributed by atoms with Gasteiger partial charge < -0.3 is 15.0 Å². The van der Waals surface area contributed by atoms with Gasteiger partial charge >= 0.3 is 12.1 Å². The number of amides is 1. The van der Waals surface area contributed by atoms with Crippen LogP contribution in [0.5, 0.6) is 0 Å². The lowest BCUT2D eigenvalue weighted by Gasteiger charge is -2.26. The maximum absolute atomic E-state index is 13.6. The van der Waals surface area contributed by atoms with Gasteiger partial charge in [-0.2, -0.15) is 13.2 Å². The Kier molecular flexibility index (Phi) is 6.62. The zero-order valence-corrected chi connectivity index (χ0v) is 20.0. The summed E-state index contributed by atoms with van der Waals surface area (Å²) < 4.78 is 42.7.